The van der Waals surface area contributed by atoms with Crippen molar-refractivity contribution in [3.8, 4) is 5.88 Å². The van der Waals surface area contributed by atoms with Crippen LogP contribution in [0.5, 0.6) is 5.88 Å². The molecule has 1 aromatic heterocycles. The van der Waals surface area contributed by atoms with Gasteiger partial charge in [0.25, 0.3) is 5.88 Å². The number of aromatic carboxylic acids is 1. The smallest absolute Gasteiger partial charge is 0.356 e. The SMILES string of the molecule is CC(=O)N1CCOc2nnc(C(=O)O)cc21. The van der Waals surface area contributed by atoms with E-state index in [9.17, 15) is 9.59 Å². The van der Waals surface area contributed by atoms with Crippen LogP contribution in [0.25, 0.3) is 0 Å². The predicted molar refractivity (Wildman–Crippen MR) is 52.5 cm³/mol. The van der Waals surface area contributed by atoms with Crippen LogP contribution in [0.15, 0.2) is 6.07 Å². The van der Waals surface area contributed by atoms with Crippen molar-refractivity contribution >= 4 is 17.6 Å². The monoisotopic (exact) mass is 223 g/mol. The summed E-state index contributed by atoms with van der Waals surface area (Å²) in [6.45, 7) is 2.11. The molecule has 0 saturated heterocycles. The first-order valence-electron chi connectivity index (χ1n) is 4.61. The maximum Gasteiger partial charge on any atom is 0.356 e. The van der Waals surface area contributed by atoms with Gasteiger partial charge in [-0.3, -0.25) is 4.79 Å². The van der Waals surface area contributed by atoms with Gasteiger partial charge in [-0.15, -0.1) is 10.2 Å². The minimum Gasteiger partial charge on any atom is -0.476 e. The number of nitrogens with zero attached hydrogens (tertiary/aromatic N) is 3. The average Bonchev–Trinajstić information content (AvgIpc) is 2.27. The number of aromatic nitrogens is 2. The lowest BCUT2D eigenvalue weighted by molar-refractivity contribution is -0.116. The molecule has 84 valence electrons. The summed E-state index contributed by atoms with van der Waals surface area (Å²) in [6.07, 6.45) is 0. The fraction of sp³-hybridized carbons (Fsp3) is 0.333. The van der Waals surface area contributed by atoms with Crippen molar-refractivity contribution in [1.82, 2.24) is 10.2 Å². The van der Waals surface area contributed by atoms with Crippen LogP contribution in [0, 0.1) is 0 Å². The molecule has 0 fully saturated rings. The van der Waals surface area contributed by atoms with E-state index >= 15 is 0 Å². The van der Waals surface area contributed by atoms with Crippen molar-refractivity contribution in [3.05, 3.63) is 11.8 Å². The number of carboxylic acids is 1. The van der Waals surface area contributed by atoms with E-state index in [1.807, 2.05) is 0 Å². The molecular weight excluding hydrogens is 214 g/mol. The highest BCUT2D eigenvalue weighted by Gasteiger charge is 2.24. The summed E-state index contributed by atoms with van der Waals surface area (Å²) in [4.78, 5) is 23.5. The van der Waals surface area contributed by atoms with E-state index in [1.54, 1.807) is 0 Å². The zero-order chi connectivity index (χ0) is 11.7. The summed E-state index contributed by atoms with van der Waals surface area (Å²) in [5.74, 6) is -1.19. The number of rotatable bonds is 1. The van der Waals surface area contributed by atoms with Crippen LogP contribution in [-0.4, -0.2) is 40.3 Å². The highest BCUT2D eigenvalue weighted by molar-refractivity contribution is 5.95. The third kappa shape index (κ3) is 1.67. The largest absolute Gasteiger partial charge is 0.476 e. The molecular formula is C9H9N3O4. The zero-order valence-corrected chi connectivity index (χ0v) is 8.51. The predicted octanol–water partition coefficient (Wildman–Crippen LogP) is -0.0799. The molecule has 1 aromatic rings. The Bertz CT molecular complexity index is 460. The minimum absolute atomic E-state index is 0.186. The summed E-state index contributed by atoms with van der Waals surface area (Å²) in [6, 6.07) is 1.28. The Kier molecular flexibility index (Phi) is 2.43. The van der Waals surface area contributed by atoms with E-state index in [0.29, 0.717) is 18.8 Å². The van der Waals surface area contributed by atoms with Crippen molar-refractivity contribution in [2.75, 3.05) is 18.1 Å². The molecule has 1 aliphatic rings. The number of carbonyl (C=O) groups excluding carboxylic acids is 1. The summed E-state index contributed by atoms with van der Waals surface area (Å²) in [7, 11) is 0. The number of anilines is 1. The van der Waals surface area contributed by atoms with E-state index in [1.165, 1.54) is 17.9 Å². The molecule has 1 amide bonds. The molecule has 1 aliphatic heterocycles. The van der Waals surface area contributed by atoms with Gasteiger partial charge < -0.3 is 14.7 Å². The lowest BCUT2D eigenvalue weighted by atomic mass is 10.3. The molecule has 1 N–H and O–H groups in total. The van der Waals surface area contributed by atoms with Crippen LogP contribution in [-0.2, 0) is 4.79 Å². The normalized spacial score (nSPS) is 13.9. The van der Waals surface area contributed by atoms with Crippen molar-refractivity contribution in [3.63, 3.8) is 0 Å². The van der Waals surface area contributed by atoms with Gasteiger partial charge in [0, 0.05) is 13.0 Å². The van der Waals surface area contributed by atoms with Crippen molar-refractivity contribution in [1.29, 1.82) is 0 Å². The van der Waals surface area contributed by atoms with Crippen LogP contribution in [0.3, 0.4) is 0 Å². The molecule has 7 nitrogen and oxygen atoms in total. The third-order valence-electron chi connectivity index (χ3n) is 2.18. The van der Waals surface area contributed by atoms with Crippen molar-refractivity contribution in [2.45, 2.75) is 6.92 Å². The standard InChI is InChI=1S/C9H9N3O4/c1-5(13)12-2-3-16-8-7(12)4-6(9(14)15)10-11-8/h4H,2-3H2,1H3,(H,14,15). The molecule has 16 heavy (non-hydrogen) atoms. The van der Waals surface area contributed by atoms with E-state index in [4.69, 9.17) is 9.84 Å². The van der Waals surface area contributed by atoms with Gasteiger partial charge >= 0.3 is 5.97 Å². The van der Waals surface area contributed by atoms with Gasteiger partial charge in [0.1, 0.15) is 12.3 Å². The molecule has 0 saturated carbocycles. The third-order valence-corrected chi connectivity index (χ3v) is 2.18. The Morgan fingerprint density at radius 3 is 2.88 bits per heavy atom. The Balaban J connectivity index is 2.48. The summed E-state index contributed by atoms with van der Waals surface area (Å²) in [5.41, 5.74) is 0.140. The first kappa shape index (κ1) is 10.3. The second-order valence-electron chi connectivity index (χ2n) is 3.24. The van der Waals surface area contributed by atoms with Crippen LogP contribution >= 0.6 is 0 Å². The summed E-state index contributed by atoms with van der Waals surface area (Å²) >= 11 is 0. The van der Waals surface area contributed by atoms with Gasteiger partial charge in [0.05, 0.1) is 6.54 Å². The van der Waals surface area contributed by atoms with E-state index < -0.39 is 5.97 Å². The van der Waals surface area contributed by atoms with Crippen LogP contribution in [0.4, 0.5) is 5.69 Å². The number of amides is 1. The Morgan fingerprint density at radius 2 is 2.25 bits per heavy atom. The fourth-order valence-corrected chi connectivity index (χ4v) is 1.45. The number of carbonyl (C=O) groups is 2. The van der Waals surface area contributed by atoms with Crippen molar-refractivity contribution < 1.29 is 19.4 Å². The zero-order valence-electron chi connectivity index (χ0n) is 8.51. The molecule has 0 aliphatic carbocycles. The van der Waals surface area contributed by atoms with E-state index in [2.05, 4.69) is 10.2 Å². The number of carboxylic acid groups (broad SMARTS) is 1. The fourth-order valence-electron chi connectivity index (χ4n) is 1.45. The second kappa shape index (κ2) is 3.76. The molecule has 0 unspecified atom stereocenters. The Labute approximate surface area is 90.6 Å². The maximum absolute atomic E-state index is 11.3. The minimum atomic E-state index is -1.19. The molecule has 7 heteroatoms. The van der Waals surface area contributed by atoms with E-state index in [-0.39, 0.29) is 17.5 Å². The van der Waals surface area contributed by atoms with Crippen LogP contribution in [0.1, 0.15) is 17.4 Å². The van der Waals surface area contributed by atoms with Gasteiger partial charge in [-0.05, 0) is 0 Å². The lowest BCUT2D eigenvalue weighted by Gasteiger charge is -2.27. The Morgan fingerprint density at radius 1 is 1.50 bits per heavy atom. The first-order valence-corrected chi connectivity index (χ1v) is 4.61. The molecule has 0 bridgehead atoms. The number of ether oxygens (including phenoxy) is 1. The van der Waals surface area contributed by atoms with Gasteiger partial charge in [-0.1, -0.05) is 0 Å². The quantitative estimate of drug-likeness (QED) is 0.715. The van der Waals surface area contributed by atoms with Gasteiger partial charge in [-0.2, -0.15) is 0 Å². The first-order chi connectivity index (χ1) is 7.59. The molecule has 0 spiro atoms. The maximum atomic E-state index is 11.3. The van der Waals surface area contributed by atoms with E-state index in [0.717, 1.165) is 0 Å². The molecule has 0 atom stereocenters. The second-order valence-corrected chi connectivity index (χ2v) is 3.24. The molecule has 0 radical (unpaired) electrons. The number of hydrogen-bond acceptors (Lipinski definition) is 5. The van der Waals surface area contributed by atoms with Gasteiger partial charge in [0.15, 0.2) is 5.69 Å². The lowest BCUT2D eigenvalue weighted by Crippen LogP contribution is -2.37. The topological polar surface area (TPSA) is 92.6 Å². The van der Waals surface area contributed by atoms with Gasteiger partial charge in [-0.25, -0.2) is 4.79 Å². The number of fused-ring (bicyclic) bond motifs is 1. The highest BCUT2D eigenvalue weighted by atomic mass is 16.5. The van der Waals surface area contributed by atoms with Crippen LogP contribution < -0.4 is 9.64 Å². The summed E-state index contributed by atoms with van der Waals surface area (Å²) in [5, 5.41) is 15.9. The summed E-state index contributed by atoms with van der Waals surface area (Å²) < 4.78 is 5.18. The Hall–Kier alpha value is -2.18. The molecule has 2 heterocycles. The number of hydrogen-bond donors (Lipinski definition) is 1. The van der Waals surface area contributed by atoms with Crippen LogP contribution in [0.2, 0.25) is 0 Å². The van der Waals surface area contributed by atoms with Crippen molar-refractivity contribution in [2.24, 2.45) is 0 Å². The highest BCUT2D eigenvalue weighted by Crippen LogP contribution is 2.28. The molecule has 0 aromatic carbocycles. The average molecular weight is 223 g/mol. The molecule has 2 rings (SSSR count). The van der Waals surface area contributed by atoms with Gasteiger partial charge in [0.2, 0.25) is 5.91 Å².